The number of nitrogens with one attached hydrogen (secondary N) is 3. The number of hydrogen-bond acceptors (Lipinski definition) is 4. The molecule has 0 bridgehead atoms. The molecule has 0 saturated carbocycles. The van der Waals surface area contributed by atoms with Gasteiger partial charge in [-0.05, 0) is 0 Å². The van der Waals surface area contributed by atoms with Crippen LogP contribution in [0, 0.1) is 10.4 Å². The topological polar surface area (TPSA) is 77.6 Å². The summed E-state index contributed by atoms with van der Waals surface area (Å²) in [4.78, 5) is 0.311. The molecule has 1 aliphatic rings. The Labute approximate surface area is 63.9 Å². The summed E-state index contributed by atoms with van der Waals surface area (Å²) in [5, 5.41) is 26.5. The average molecular weight is 158 g/mol. The second-order valence-electron chi connectivity index (χ2n) is 2.04. The maximum Gasteiger partial charge on any atom is 0.332 e. The summed E-state index contributed by atoms with van der Waals surface area (Å²) < 4.78 is 0. The van der Waals surface area contributed by atoms with Crippen LogP contribution in [0.4, 0.5) is 0 Å². The minimum Gasteiger partial charge on any atom is -0.666 e. The molecule has 11 heavy (non-hydrogen) atoms. The Kier molecular flexibility index (Phi) is 1.97. The Hall–Kier alpha value is -1.27. The number of nitrogens with zero attached hydrogens (tertiary/aromatic N) is 1. The van der Waals surface area contributed by atoms with Gasteiger partial charge in [0, 0.05) is 7.05 Å². The number of hydrogen-bond donors (Lipinski definition) is 3. The first-order chi connectivity index (χ1) is 5.20. The first-order valence-corrected chi connectivity index (χ1v) is 3.16. The fourth-order valence-electron chi connectivity index (χ4n) is 0.829. The summed E-state index contributed by atoms with van der Waals surface area (Å²) in [5.74, 6) is 0.573. The van der Waals surface area contributed by atoms with Gasteiger partial charge >= 0.3 is 5.84 Å². The molecule has 0 aromatic heterocycles. The quantitative estimate of drug-likeness (QED) is 0.291. The molecule has 0 aromatic rings. The Bertz CT molecular complexity index is 223. The molecule has 0 saturated heterocycles. The molecular weight excluding hydrogens is 148 g/mol. The van der Waals surface area contributed by atoms with Crippen molar-refractivity contribution in [1.82, 2.24) is 10.6 Å². The molecule has 1 rings (SSSR count). The standard InChI is InChI=1S/C5H10N4O2/c1-6-4-3-5(7-2)9(11)8(4)10/h3,6-8H,1-2H3. The maximum absolute atomic E-state index is 10.9. The zero-order chi connectivity index (χ0) is 8.43. The van der Waals surface area contributed by atoms with Crippen molar-refractivity contribution >= 4 is 5.84 Å². The van der Waals surface area contributed by atoms with Crippen molar-refractivity contribution in [2.45, 2.75) is 0 Å². The summed E-state index contributed by atoms with van der Waals surface area (Å²) in [7, 11) is 3.18. The molecule has 0 aromatic carbocycles. The van der Waals surface area contributed by atoms with Gasteiger partial charge in [0.2, 0.25) is 5.82 Å². The Balaban J connectivity index is 2.84. The summed E-state index contributed by atoms with van der Waals surface area (Å²) in [6.45, 7) is 0. The fourth-order valence-corrected chi connectivity index (χ4v) is 0.829. The summed E-state index contributed by atoms with van der Waals surface area (Å²) in [5.41, 5.74) is 0. The van der Waals surface area contributed by atoms with Crippen LogP contribution >= 0.6 is 0 Å². The lowest BCUT2D eigenvalue weighted by atomic mass is 10.5. The largest absolute Gasteiger partial charge is 0.666 e. The van der Waals surface area contributed by atoms with Gasteiger partial charge in [0.1, 0.15) is 6.08 Å². The van der Waals surface area contributed by atoms with Crippen molar-refractivity contribution in [3.05, 3.63) is 22.3 Å². The van der Waals surface area contributed by atoms with Crippen LogP contribution in [0.1, 0.15) is 0 Å². The Morgan fingerprint density at radius 3 is 2.36 bits per heavy atom. The van der Waals surface area contributed by atoms with Crippen LogP contribution in [0.15, 0.2) is 11.9 Å². The van der Waals surface area contributed by atoms with Gasteiger partial charge in [-0.1, -0.05) is 4.85 Å². The lowest BCUT2D eigenvalue weighted by Gasteiger charge is -2.19. The number of rotatable bonds is 1. The van der Waals surface area contributed by atoms with Gasteiger partial charge in [0.25, 0.3) is 0 Å². The molecule has 3 N–H and O–H groups in total. The molecule has 1 unspecified atom stereocenters. The molecule has 1 heterocycles. The third kappa shape index (κ3) is 1.13. The SMILES string of the molecule is CNC1=CC(NC)=[N+]([O-])[NH+]1[O-]. The van der Waals surface area contributed by atoms with Gasteiger partial charge in [0.15, 0.2) is 0 Å². The van der Waals surface area contributed by atoms with Gasteiger partial charge < -0.3 is 15.7 Å². The van der Waals surface area contributed by atoms with Crippen LogP contribution in [-0.4, -0.2) is 24.8 Å². The molecule has 6 heteroatoms. The van der Waals surface area contributed by atoms with E-state index in [1.165, 1.54) is 6.08 Å². The molecule has 6 nitrogen and oxygen atoms in total. The van der Waals surface area contributed by atoms with Gasteiger partial charge in [-0.3, -0.25) is 5.32 Å². The van der Waals surface area contributed by atoms with Crippen LogP contribution < -0.4 is 15.8 Å². The second kappa shape index (κ2) is 2.77. The van der Waals surface area contributed by atoms with Crippen molar-refractivity contribution < 1.29 is 10.0 Å². The lowest BCUT2D eigenvalue weighted by Crippen LogP contribution is -3.09. The van der Waals surface area contributed by atoms with Crippen LogP contribution in [0.2, 0.25) is 0 Å². The Morgan fingerprint density at radius 2 is 2.09 bits per heavy atom. The number of quaternary nitrogens is 1. The highest BCUT2D eigenvalue weighted by Crippen LogP contribution is 1.85. The predicted octanol–water partition coefficient (Wildman–Crippen LogP) is -2.51. The average Bonchev–Trinajstić information content (AvgIpc) is 2.30. The van der Waals surface area contributed by atoms with Crippen molar-refractivity contribution in [3.8, 4) is 0 Å². The van der Waals surface area contributed by atoms with E-state index in [9.17, 15) is 10.4 Å². The highest BCUT2D eigenvalue weighted by atomic mass is 16.7. The molecule has 1 aliphatic heterocycles. The summed E-state index contributed by atoms with van der Waals surface area (Å²) in [6.07, 6.45) is 1.47. The van der Waals surface area contributed by atoms with E-state index in [0.29, 0.717) is 10.7 Å². The normalized spacial score (nSPS) is 23.5. The zero-order valence-electron chi connectivity index (χ0n) is 6.34. The minimum atomic E-state index is -0.558. The first-order valence-electron chi connectivity index (χ1n) is 3.16. The minimum absolute atomic E-state index is 0.263. The molecular formula is C5H10N4O2. The zero-order valence-corrected chi connectivity index (χ0v) is 6.34. The van der Waals surface area contributed by atoms with Gasteiger partial charge in [-0.2, -0.15) is 0 Å². The van der Waals surface area contributed by atoms with E-state index in [1.807, 2.05) is 0 Å². The van der Waals surface area contributed by atoms with Gasteiger partial charge in [0.05, 0.1) is 7.05 Å². The molecule has 1 atom stereocenters. The molecule has 0 aliphatic carbocycles. The highest BCUT2D eigenvalue weighted by Gasteiger charge is 2.22. The van der Waals surface area contributed by atoms with E-state index in [1.54, 1.807) is 14.1 Å². The highest BCUT2D eigenvalue weighted by molar-refractivity contribution is 5.89. The maximum atomic E-state index is 10.9. The summed E-state index contributed by atoms with van der Waals surface area (Å²) >= 11 is 0. The third-order valence-corrected chi connectivity index (χ3v) is 1.44. The predicted molar refractivity (Wildman–Crippen MR) is 39.2 cm³/mol. The molecule has 0 radical (unpaired) electrons. The van der Waals surface area contributed by atoms with Crippen LogP contribution in [0.25, 0.3) is 0 Å². The van der Waals surface area contributed by atoms with E-state index >= 15 is 0 Å². The number of hydroxylamine groups is 1. The Morgan fingerprint density at radius 1 is 1.45 bits per heavy atom. The van der Waals surface area contributed by atoms with E-state index in [-0.39, 0.29) is 5.84 Å². The summed E-state index contributed by atoms with van der Waals surface area (Å²) in [6, 6.07) is 0. The second-order valence-corrected chi connectivity index (χ2v) is 2.04. The lowest BCUT2D eigenvalue weighted by molar-refractivity contribution is -1.26. The first kappa shape index (κ1) is 7.83. The van der Waals surface area contributed by atoms with E-state index in [4.69, 9.17) is 0 Å². The van der Waals surface area contributed by atoms with Crippen molar-refractivity contribution in [2.75, 3.05) is 14.1 Å². The van der Waals surface area contributed by atoms with Gasteiger partial charge in [-0.15, -0.1) is 5.17 Å². The van der Waals surface area contributed by atoms with Crippen molar-refractivity contribution in [3.63, 3.8) is 0 Å². The van der Waals surface area contributed by atoms with E-state index in [0.717, 1.165) is 0 Å². The molecule has 62 valence electrons. The molecule has 0 fully saturated rings. The van der Waals surface area contributed by atoms with Crippen molar-refractivity contribution in [1.29, 1.82) is 0 Å². The van der Waals surface area contributed by atoms with Gasteiger partial charge in [-0.25, -0.2) is 0 Å². The van der Waals surface area contributed by atoms with Crippen LogP contribution in [-0.2, 0) is 0 Å². The van der Waals surface area contributed by atoms with Crippen LogP contribution in [0.3, 0.4) is 0 Å². The third-order valence-electron chi connectivity index (χ3n) is 1.44. The molecule has 0 spiro atoms. The molecule has 0 amide bonds. The fraction of sp³-hybridized carbons (Fsp3) is 0.400. The van der Waals surface area contributed by atoms with E-state index in [2.05, 4.69) is 10.6 Å². The van der Waals surface area contributed by atoms with Crippen LogP contribution in [0.5, 0.6) is 0 Å². The smallest absolute Gasteiger partial charge is 0.332 e. The number of amidine groups is 1. The van der Waals surface area contributed by atoms with E-state index < -0.39 is 5.17 Å². The van der Waals surface area contributed by atoms with Crippen molar-refractivity contribution in [2.24, 2.45) is 0 Å². The number of likely N-dealkylation sites (N-methyl/N-ethyl adjacent to an activating group) is 1. The monoisotopic (exact) mass is 158 g/mol.